The van der Waals surface area contributed by atoms with Gasteiger partial charge in [0.2, 0.25) is 0 Å². The van der Waals surface area contributed by atoms with E-state index < -0.39 is 0 Å². The van der Waals surface area contributed by atoms with Crippen molar-refractivity contribution in [3.8, 4) is 22.6 Å². The molecule has 0 bridgehead atoms. The lowest BCUT2D eigenvalue weighted by molar-refractivity contribution is 0.316. The van der Waals surface area contributed by atoms with Gasteiger partial charge in [0, 0.05) is 54.9 Å². The van der Waals surface area contributed by atoms with Crippen LogP contribution in [-0.4, -0.2) is 54.8 Å². The van der Waals surface area contributed by atoms with E-state index in [1.807, 2.05) is 55.5 Å². The number of likely N-dealkylation sites (N-methyl/N-ethyl adjacent to an activating group) is 1. The number of anilines is 3. The van der Waals surface area contributed by atoms with Crippen molar-refractivity contribution in [2.45, 2.75) is 27.3 Å². The summed E-state index contributed by atoms with van der Waals surface area (Å²) in [5.74, 6) is 2.10. The van der Waals surface area contributed by atoms with E-state index >= 15 is 0 Å². The molecule has 2 heterocycles. The average molecular weight is 516 g/mol. The molecule has 0 aliphatic heterocycles. The molecule has 2 aromatic heterocycles. The van der Waals surface area contributed by atoms with Gasteiger partial charge < -0.3 is 29.6 Å². The number of pyridine rings is 2. The van der Waals surface area contributed by atoms with E-state index in [0.29, 0.717) is 23.6 Å². The van der Waals surface area contributed by atoms with Gasteiger partial charge in [0.25, 0.3) is 5.56 Å². The molecule has 2 N–H and O–H groups in total. The van der Waals surface area contributed by atoms with E-state index in [-0.39, 0.29) is 5.56 Å². The monoisotopic (exact) mass is 515 g/mol. The third-order valence-electron chi connectivity index (χ3n) is 6.75. The summed E-state index contributed by atoms with van der Waals surface area (Å²) in [5, 5.41) is 7.85. The molecule has 0 unspecified atom stereocenters. The van der Waals surface area contributed by atoms with Crippen LogP contribution < -0.4 is 25.7 Å². The Kier molecular flexibility index (Phi) is 8.86. The third-order valence-corrected chi connectivity index (χ3v) is 6.75. The lowest BCUT2D eigenvalue weighted by atomic mass is 10.0. The molecule has 2 aromatic carbocycles. The van der Waals surface area contributed by atoms with Crippen LogP contribution in [0.2, 0.25) is 0 Å². The second kappa shape index (κ2) is 12.5. The summed E-state index contributed by atoms with van der Waals surface area (Å²) in [6.45, 7) is 10.7. The molecule has 4 aromatic rings. The SMILES string of the molecule is CCN(CC)CCNc1cc(Nc2ccc3cc(-c4cc(OC)cc(OC)c4)c(=O)n(CC)c3c2)ccn1. The molecule has 8 heteroatoms. The Bertz CT molecular complexity index is 1420. The number of nitrogens with zero attached hydrogens (tertiary/aromatic N) is 3. The summed E-state index contributed by atoms with van der Waals surface area (Å²) in [6, 6.07) is 17.5. The molecule has 0 amide bonds. The Balaban J connectivity index is 1.62. The van der Waals surface area contributed by atoms with Gasteiger partial charge in [-0.1, -0.05) is 19.9 Å². The van der Waals surface area contributed by atoms with Crippen molar-refractivity contribution in [2.24, 2.45) is 0 Å². The minimum atomic E-state index is -0.0592. The summed E-state index contributed by atoms with van der Waals surface area (Å²) >= 11 is 0. The first kappa shape index (κ1) is 27.0. The molecular formula is C30H37N5O3. The molecule has 38 heavy (non-hydrogen) atoms. The van der Waals surface area contributed by atoms with Gasteiger partial charge in [-0.25, -0.2) is 4.98 Å². The highest BCUT2D eigenvalue weighted by Gasteiger charge is 2.13. The number of aromatic nitrogens is 2. The fraction of sp³-hybridized carbons (Fsp3) is 0.333. The van der Waals surface area contributed by atoms with Crippen molar-refractivity contribution in [3.05, 3.63) is 71.1 Å². The van der Waals surface area contributed by atoms with Gasteiger partial charge in [0.05, 0.1) is 19.7 Å². The van der Waals surface area contributed by atoms with Crippen LogP contribution >= 0.6 is 0 Å². The summed E-state index contributed by atoms with van der Waals surface area (Å²) in [5.41, 5.74) is 4.00. The Hall–Kier alpha value is -4.04. The largest absolute Gasteiger partial charge is 0.497 e. The van der Waals surface area contributed by atoms with Crippen LogP contribution in [0.1, 0.15) is 20.8 Å². The maximum absolute atomic E-state index is 13.6. The van der Waals surface area contributed by atoms with Crippen LogP contribution in [0.4, 0.5) is 17.2 Å². The predicted molar refractivity (Wildman–Crippen MR) is 156 cm³/mol. The number of benzene rings is 2. The lowest BCUT2D eigenvalue weighted by Crippen LogP contribution is -2.28. The molecule has 0 aliphatic carbocycles. The molecule has 0 saturated heterocycles. The van der Waals surface area contributed by atoms with Gasteiger partial charge in [-0.15, -0.1) is 0 Å². The molecule has 200 valence electrons. The molecular weight excluding hydrogens is 478 g/mol. The molecule has 0 atom stereocenters. The molecule has 0 aliphatic rings. The number of ether oxygens (including phenoxy) is 2. The fourth-order valence-electron chi connectivity index (χ4n) is 4.59. The van der Waals surface area contributed by atoms with E-state index in [0.717, 1.165) is 59.8 Å². The highest BCUT2D eigenvalue weighted by atomic mass is 16.5. The maximum atomic E-state index is 13.6. The Morgan fingerprint density at radius 3 is 2.26 bits per heavy atom. The quantitative estimate of drug-likeness (QED) is 0.254. The van der Waals surface area contributed by atoms with Gasteiger partial charge in [0.1, 0.15) is 17.3 Å². The first-order valence-electron chi connectivity index (χ1n) is 13.1. The van der Waals surface area contributed by atoms with Gasteiger partial charge in [-0.05, 0) is 67.4 Å². The van der Waals surface area contributed by atoms with Crippen molar-refractivity contribution in [1.82, 2.24) is 14.5 Å². The van der Waals surface area contributed by atoms with E-state index in [1.54, 1.807) is 31.0 Å². The zero-order valence-corrected chi connectivity index (χ0v) is 22.9. The number of hydrogen-bond acceptors (Lipinski definition) is 7. The number of rotatable bonds is 12. The summed E-state index contributed by atoms with van der Waals surface area (Å²) in [6.07, 6.45) is 1.79. The van der Waals surface area contributed by atoms with E-state index in [1.165, 1.54) is 0 Å². The average Bonchev–Trinajstić information content (AvgIpc) is 2.95. The maximum Gasteiger partial charge on any atom is 0.258 e. The number of aryl methyl sites for hydroxylation is 1. The Morgan fingerprint density at radius 2 is 1.61 bits per heavy atom. The summed E-state index contributed by atoms with van der Waals surface area (Å²) in [7, 11) is 3.21. The van der Waals surface area contributed by atoms with Crippen LogP contribution in [0, 0.1) is 0 Å². The third kappa shape index (κ3) is 6.08. The van der Waals surface area contributed by atoms with Crippen molar-refractivity contribution in [3.63, 3.8) is 0 Å². The minimum Gasteiger partial charge on any atom is -0.497 e. The minimum absolute atomic E-state index is 0.0592. The van der Waals surface area contributed by atoms with Crippen molar-refractivity contribution >= 4 is 28.1 Å². The van der Waals surface area contributed by atoms with Gasteiger partial charge in [0.15, 0.2) is 0 Å². The van der Waals surface area contributed by atoms with Crippen LogP contribution in [-0.2, 0) is 6.54 Å². The van der Waals surface area contributed by atoms with Crippen LogP contribution in [0.3, 0.4) is 0 Å². The molecule has 0 fully saturated rings. The zero-order valence-electron chi connectivity index (χ0n) is 22.9. The zero-order chi connectivity index (χ0) is 27.1. The van der Waals surface area contributed by atoms with Crippen molar-refractivity contribution in [1.29, 1.82) is 0 Å². The first-order chi connectivity index (χ1) is 18.5. The van der Waals surface area contributed by atoms with Crippen LogP contribution in [0.15, 0.2) is 65.6 Å². The fourth-order valence-corrected chi connectivity index (χ4v) is 4.59. The Morgan fingerprint density at radius 1 is 0.895 bits per heavy atom. The lowest BCUT2D eigenvalue weighted by Gasteiger charge is -2.18. The topological polar surface area (TPSA) is 80.7 Å². The van der Waals surface area contributed by atoms with Crippen molar-refractivity contribution in [2.75, 3.05) is 51.0 Å². The van der Waals surface area contributed by atoms with E-state index in [4.69, 9.17) is 9.47 Å². The molecule has 0 spiro atoms. The van der Waals surface area contributed by atoms with Crippen LogP contribution in [0.5, 0.6) is 11.5 Å². The van der Waals surface area contributed by atoms with E-state index in [9.17, 15) is 4.79 Å². The smallest absolute Gasteiger partial charge is 0.258 e. The number of fused-ring (bicyclic) bond motifs is 1. The summed E-state index contributed by atoms with van der Waals surface area (Å²) in [4.78, 5) is 20.4. The van der Waals surface area contributed by atoms with E-state index in [2.05, 4.69) is 34.4 Å². The van der Waals surface area contributed by atoms with Crippen molar-refractivity contribution < 1.29 is 9.47 Å². The number of nitrogens with one attached hydrogen (secondary N) is 2. The molecule has 0 saturated carbocycles. The normalized spacial score (nSPS) is 11.1. The second-order valence-corrected chi connectivity index (χ2v) is 8.99. The Labute approximate surface area is 224 Å². The highest BCUT2D eigenvalue weighted by Crippen LogP contribution is 2.31. The van der Waals surface area contributed by atoms with Gasteiger partial charge in [-0.3, -0.25) is 4.79 Å². The van der Waals surface area contributed by atoms with Gasteiger partial charge >= 0.3 is 0 Å². The molecule has 8 nitrogen and oxygen atoms in total. The summed E-state index contributed by atoms with van der Waals surface area (Å²) < 4.78 is 12.6. The number of hydrogen-bond donors (Lipinski definition) is 2. The standard InChI is InChI=1S/C30H37N5O3/c1-6-34(7-2)14-13-32-29-19-24(11-12-31-29)33-23-10-9-21-17-27(30(36)35(8-3)28(21)18-23)22-15-25(37-4)20-26(16-22)38-5/h9-12,15-20H,6-8,13-14H2,1-5H3,(H2,31,32,33). The molecule has 4 rings (SSSR count). The number of methoxy groups -OCH3 is 2. The predicted octanol–water partition coefficient (Wildman–Crippen LogP) is 5.60. The van der Waals surface area contributed by atoms with Gasteiger partial charge in [-0.2, -0.15) is 0 Å². The second-order valence-electron chi connectivity index (χ2n) is 8.99. The molecule has 0 radical (unpaired) electrons. The van der Waals surface area contributed by atoms with Crippen LogP contribution in [0.25, 0.3) is 22.0 Å². The highest BCUT2D eigenvalue weighted by molar-refractivity contribution is 5.88. The first-order valence-corrected chi connectivity index (χ1v) is 13.1.